The number of esters is 3. The van der Waals surface area contributed by atoms with Crippen LogP contribution in [0.15, 0.2) is 36.5 Å². The lowest BCUT2D eigenvalue weighted by atomic mass is 10.0. The van der Waals surface area contributed by atoms with Crippen LogP contribution in [0.2, 0.25) is 0 Å². The number of hydrogen-bond donors (Lipinski definition) is 0. The Balaban J connectivity index is 4.37. The van der Waals surface area contributed by atoms with Gasteiger partial charge in [-0.3, -0.25) is 14.4 Å². The molecule has 0 unspecified atom stereocenters. The Hall–Kier alpha value is -2.37. The summed E-state index contributed by atoms with van der Waals surface area (Å²) in [6.07, 6.45) is 68.5. The highest BCUT2D eigenvalue weighted by Gasteiger charge is 2.19. The summed E-state index contributed by atoms with van der Waals surface area (Å²) >= 11 is 0. The Morgan fingerprint density at radius 1 is 0.294 bits per heavy atom. The van der Waals surface area contributed by atoms with Crippen LogP contribution in [-0.4, -0.2) is 37.2 Å². The quantitative estimate of drug-likeness (QED) is 0.0262. The number of hydrogen-bond acceptors (Lipinski definition) is 6. The lowest BCUT2D eigenvalue weighted by Gasteiger charge is -2.18. The van der Waals surface area contributed by atoms with Gasteiger partial charge < -0.3 is 14.2 Å². The molecule has 6 heteroatoms. The zero-order chi connectivity index (χ0) is 49.3. The molecule has 0 amide bonds. The van der Waals surface area contributed by atoms with Crippen LogP contribution >= 0.6 is 0 Å². The van der Waals surface area contributed by atoms with E-state index in [2.05, 4.69) is 57.2 Å². The third-order valence-electron chi connectivity index (χ3n) is 13.4. The molecular formula is C62H114O6. The van der Waals surface area contributed by atoms with Crippen LogP contribution in [0.4, 0.5) is 0 Å². The zero-order valence-corrected chi connectivity index (χ0v) is 45.6. The molecule has 0 N–H and O–H groups in total. The average molecular weight is 956 g/mol. The summed E-state index contributed by atoms with van der Waals surface area (Å²) in [7, 11) is 0. The minimum Gasteiger partial charge on any atom is -0.462 e. The maximum absolute atomic E-state index is 12.9. The molecule has 0 saturated carbocycles. The zero-order valence-electron chi connectivity index (χ0n) is 45.6. The van der Waals surface area contributed by atoms with Crippen molar-refractivity contribution in [3.8, 4) is 0 Å². The van der Waals surface area contributed by atoms with E-state index < -0.39 is 6.10 Å². The minimum atomic E-state index is -0.777. The van der Waals surface area contributed by atoms with Crippen molar-refractivity contribution < 1.29 is 28.6 Å². The van der Waals surface area contributed by atoms with E-state index in [9.17, 15) is 14.4 Å². The van der Waals surface area contributed by atoms with Gasteiger partial charge in [0.05, 0.1) is 0 Å². The number of allylic oxidation sites excluding steroid dienone is 6. The van der Waals surface area contributed by atoms with Gasteiger partial charge in [0.25, 0.3) is 0 Å². The molecule has 0 rings (SSSR count). The first kappa shape index (κ1) is 65.6. The first-order valence-electron chi connectivity index (χ1n) is 30.0. The number of rotatable bonds is 55. The van der Waals surface area contributed by atoms with Crippen LogP contribution in [-0.2, 0) is 28.6 Å². The summed E-state index contributed by atoms with van der Waals surface area (Å²) in [5.41, 5.74) is 0. The monoisotopic (exact) mass is 955 g/mol. The van der Waals surface area contributed by atoms with Gasteiger partial charge in [-0.05, 0) is 57.8 Å². The molecule has 0 aromatic rings. The maximum atomic E-state index is 12.9. The van der Waals surface area contributed by atoms with Gasteiger partial charge >= 0.3 is 17.9 Å². The Bertz CT molecular complexity index is 1140. The fraction of sp³-hybridized carbons (Fsp3) is 0.855. The number of carbonyl (C=O) groups is 3. The van der Waals surface area contributed by atoms with Gasteiger partial charge in [-0.25, -0.2) is 0 Å². The van der Waals surface area contributed by atoms with Gasteiger partial charge in [-0.1, -0.05) is 282 Å². The Labute approximate surface area is 423 Å². The van der Waals surface area contributed by atoms with Crippen molar-refractivity contribution in [1.29, 1.82) is 0 Å². The normalized spacial score (nSPS) is 12.2. The van der Waals surface area contributed by atoms with Crippen LogP contribution < -0.4 is 0 Å². The van der Waals surface area contributed by atoms with Crippen LogP contribution in [0.25, 0.3) is 0 Å². The van der Waals surface area contributed by atoms with E-state index in [1.807, 2.05) is 0 Å². The Kier molecular flexibility index (Phi) is 55.2. The smallest absolute Gasteiger partial charge is 0.306 e. The first-order chi connectivity index (χ1) is 33.5. The minimum absolute atomic E-state index is 0.0742. The van der Waals surface area contributed by atoms with Crippen LogP contribution in [0.1, 0.15) is 323 Å². The molecule has 1 atom stereocenters. The molecule has 398 valence electrons. The third kappa shape index (κ3) is 54.6. The van der Waals surface area contributed by atoms with Gasteiger partial charge in [0.15, 0.2) is 6.10 Å². The van der Waals surface area contributed by atoms with Gasteiger partial charge in [-0.2, -0.15) is 0 Å². The molecule has 0 spiro atoms. The van der Waals surface area contributed by atoms with Gasteiger partial charge in [0.2, 0.25) is 0 Å². The van der Waals surface area contributed by atoms with Gasteiger partial charge in [0, 0.05) is 19.3 Å². The summed E-state index contributed by atoms with van der Waals surface area (Å²) < 4.78 is 16.9. The summed E-state index contributed by atoms with van der Waals surface area (Å²) in [5.74, 6) is -0.874. The van der Waals surface area contributed by atoms with Crippen molar-refractivity contribution in [2.24, 2.45) is 0 Å². The fourth-order valence-corrected chi connectivity index (χ4v) is 8.86. The predicted molar refractivity (Wildman–Crippen MR) is 293 cm³/mol. The Morgan fingerprint density at radius 3 is 0.853 bits per heavy atom. The highest BCUT2D eigenvalue weighted by atomic mass is 16.6. The van der Waals surface area contributed by atoms with Crippen molar-refractivity contribution in [2.45, 2.75) is 329 Å². The number of ether oxygens (including phenoxy) is 3. The SMILES string of the molecule is CCCCC/C=C\C/C=C\C/C=C\CCCCCCC(=O)OC[C@@H](COC(=O)CCCCCCCCCCCCCCCCCC)OC(=O)CCCCCCCCCCCCCCCCCCC. The fourth-order valence-electron chi connectivity index (χ4n) is 8.86. The molecule has 0 aliphatic carbocycles. The highest BCUT2D eigenvalue weighted by Crippen LogP contribution is 2.17. The average Bonchev–Trinajstić information content (AvgIpc) is 3.34. The third-order valence-corrected chi connectivity index (χ3v) is 13.4. The molecule has 0 heterocycles. The van der Waals surface area contributed by atoms with E-state index in [0.29, 0.717) is 19.3 Å². The molecule has 0 fully saturated rings. The molecule has 6 nitrogen and oxygen atoms in total. The second-order valence-corrected chi connectivity index (χ2v) is 20.3. The van der Waals surface area contributed by atoms with Crippen molar-refractivity contribution in [2.75, 3.05) is 13.2 Å². The van der Waals surface area contributed by atoms with Crippen molar-refractivity contribution in [3.05, 3.63) is 36.5 Å². The molecule has 0 aromatic heterocycles. The van der Waals surface area contributed by atoms with E-state index in [4.69, 9.17) is 14.2 Å². The number of unbranched alkanes of at least 4 members (excludes halogenated alkanes) is 38. The van der Waals surface area contributed by atoms with Crippen LogP contribution in [0.5, 0.6) is 0 Å². The second-order valence-electron chi connectivity index (χ2n) is 20.3. The van der Waals surface area contributed by atoms with Gasteiger partial charge in [0.1, 0.15) is 13.2 Å². The summed E-state index contributed by atoms with van der Waals surface area (Å²) in [5, 5.41) is 0. The Morgan fingerprint density at radius 2 is 0.529 bits per heavy atom. The molecule has 0 bridgehead atoms. The van der Waals surface area contributed by atoms with Crippen LogP contribution in [0.3, 0.4) is 0 Å². The molecule has 0 saturated heterocycles. The molecule has 68 heavy (non-hydrogen) atoms. The summed E-state index contributed by atoms with van der Waals surface area (Å²) in [6, 6.07) is 0. The number of carbonyl (C=O) groups excluding carboxylic acids is 3. The maximum Gasteiger partial charge on any atom is 0.306 e. The highest BCUT2D eigenvalue weighted by molar-refractivity contribution is 5.71. The lowest BCUT2D eigenvalue weighted by molar-refractivity contribution is -0.167. The molecular weight excluding hydrogens is 841 g/mol. The predicted octanol–water partition coefficient (Wildman–Crippen LogP) is 20.0. The largest absolute Gasteiger partial charge is 0.462 e. The van der Waals surface area contributed by atoms with Crippen molar-refractivity contribution in [3.63, 3.8) is 0 Å². The van der Waals surface area contributed by atoms with Crippen molar-refractivity contribution >= 4 is 17.9 Å². The molecule has 0 radical (unpaired) electrons. The lowest BCUT2D eigenvalue weighted by Crippen LogP contribution is -2.30. The van der Waals surface area contributed by atoms with Gasteiger partial charge in [-0.15, -0.1) is 0 Å². The van der Waals surface area contributed by atoms with E-state index in [-0.39, 0.29) is 31.1 Å². The van der Waals surface area contributed by atoms with E-state index in [1.165, 1.54) is 199 Å². The van der Waals surface area contributed by atoms with E-state index >= 15 is 0 Å². The summed E-state index contributed by atoms with van der Waals surface area (Å²) in [4.78, 5) is 38.2. The van der Waals surface area contributed by atoms with E-state index in [0.717, 1.165) is 83.5 Å². The molecule has 0 aromatic carbocycles. The standard InChI is InChI=1S/C62H114O6/c1-4-7-10-13-16-19-22-25-28-31-34-37-40-43-46-49-52-55-61(64)67-58-59(57-66-60(63)54-51-48-45-42-39-36-33-30-27-24-21-18-15-12-9-6-3)68-62(65)56-53-50-47-44-41-38-35-32-29-26-23-20-17-14-11-8-5-2/h16,19,25,28,34,37,59H,4-15,17-18,20-24,26-27,29-33,35-36,38-58H2,1-3H3/b19-16-,28-25-,37-34-/t59-/m1/s1. The topological polar surface area (TPSA) is 78.9 Å². The first-order valence-corrected chi connectivity index (χ1v) is 30.0. The van der Waals surface area contributed by atoms with Crippen molar-refractivity contribution in [1.82, 2.24) is 0 Å². The van der Waals surface area contributed by atoms with E-state index in [1.54, 1.807) is 0 Å². The molecule has 0 aliphatic heterocycles. The second kappa shape index (κ2) is 57.2. The van der Waals surface area contributed by atoms with Crippen LogP contribution in [0, 0.1) is 0 Å². The summed E-state index contributed by atoms with van der Waals surface area (Å²) in [6.45, 7) is 6.65. The molecule has 0 aliphatic rings.